The highest BCUT2D eigenvalue weighted by Gasteiger charge is 2.23. The van der Waals surface area contributed by atoms with Crippen LogP contribution in [0, 0.1) is 11.7 Å². The van der Waals surface area contributed by atoms with Gasteiger partial charge in [-0.2, -0.15) is 0 Å². The van der Waals surface area contributed by atoms with Crippen LogP contribution in [-0.4, -0.2) is 52.9 Å². The molecule has 2 aromatic rings. The number of benzene rings is 1. The van der Waals surface area contributed by atoms with Gasteiger partial charge >= 0.3 is 12.1 Å². The molecule has 7 nitrogen and oxygen atoms in total. The third-order valence-corrected chi connectivity index (χ3v) is 4.68. The number of methoxy groups -OCH3 is 1. The lowest BCUT2D eigenvalue weighted by Crippen LogP contribution is -2.39. The van der Waals surface area contributed by atoms with Crippen LogP contribution in [0.15, 0.2) is 30.6 Å². The Morgan fingerprint density at radius 3 is 2.63 bits per heavy atom. The Morgan fingerprint density at radius 2 is 2.00 bits per heavy atom. The van der Waals surface area contributed by atoms with Crippen molar-refractivity contribution >= 4 is 6.09 Å². The van der Waals surface area contributed by atoms with Gasteiger partial charge in [0.05, 0.1) is 20.3 Å². The van der Waals surface area contributed by atoms with E-state index >= 15 is 0 Å². The maximum atomic E-state index is 14.3. The van der Waals surface area contributed by atoms with E-state index in [0.29, 0.717) is 36.7 Å². The minimum atomic E-state index is -0.477. The molecular formula is C19H22FN3O4. The molecule has 0 radical (unpaired) electrons. The molecule has 144 valence electrons. The number of carbonyl (C=O) groups excluding carboxylic acids is 1. The van der Waals surface area contributed by atoms with Gasteiger partial charge < -0.3 is 19.5 Å². The molecule has 1 aliphatic rings. The summed E-state index contributed by atoms with van der Waals surface area (Å²) in [6, 6.07) is 5.05. The Balaban J connectivity index is 1.55. The average Bonchev–Trinajstić information content (AvgIpc) is 2.72. The molecule has 1 N–H and O–H groups in total. The van der Waals surface area contributed by atoms with Crippen molar-refractivity contribution in [2.45, 2.75) is 19.4 Å². The van der Waals surface area contributed by atoms with Gasteiger partial charge in [-0.3, -0.25) is 0 Å². The second-order valence-electron chi connectivity index (χ2n) is 6.40. The second kappa shape index (κ2) is 8.77. The van der Waals surface area contributed by atoms with E-state index in [9.17, 15) is 9.18 Å². The van der Waals surface area contributed by atoms with E-state index < -0.39 is 5.82 Å². The van der Waals surface area contributed by atoms with Crippen LogP contribution in [0.25, 0.3) is 11.1 Å². The fourth-order valence-corrected chi connectivity index (χ4v) is 3.06. The van der Waals surface area contributed by atoms with Crippen LogP contribution in [0.5, 0.6) is 6.01 Å². The lowest BCUT2D eigenvalue weighted by Gasteiger charge is -2.30. The molecule has 0 spiro atoms. The van der Waals surface area contributed by atoms with E-state index in [4.69, 9.17) is 14.6 Å². The first-order chi connectivity index (χ1) is 13.1. The first kappa shape index (κ1) is 19.0. The molecule has 0 aliphatic carbocycles. The maximum Gasteiger partial charge on any atom is 0.409 e. The van der Waals surface area contributed by atoms with Gasteiger partial charge in [0.2, 0.25) is 0 Å². The maximum absolute atomic E-state index is 14.3. The van der Waals surface area contributed by atoms with Gasteiger partial charge in [-0.05, 0) is 18.8 Å². The van der Waals surface area contributed by atoms with Crippen LogP contribution in [-0.2, 0) is 11.3 Å². The van der Waals surface area contributed by atoms with Gasteiger partial charge in [-0.25, -0.2) is 19.2 Å². The number of halogens is 1. The van der Waals surface area contributed by atoms with Gasteiger partial charge in [0.15, 0.2) is 0 Å². The van der Waals surface area contributed by atoms with Crippen molar-refractivity contribution in [1.29, 1.82) is 0 Å². The number of aliphatic hydroxyl groups is 1. The zero-order valence-corrected chi connectivity index (χ0v) is 15.1. The van der Waals surface area contributed by atoms with E-state index in [1.165, 1.54) is 25.6 Å². The van der Waals surface area contributed by atoms with Crippen molar-refractivity contribution in [1.82, 2.24) is 14.9 Å². The molecule has 0 bridgehead atoms. The summed E-state index contributed by atoms with van der Waals surface area (Å²) in [6.45, 7) is 1.38. The number of likely N-dealkylation sites (tertiary alicyclic amines) is 1. The number of ether oxygens (including phenoxy) is 2. The summed E-state index contributed by atoms with van der Waals surface area (Å²) in [5, 5.41) is 9.17. The summed E-state index contributed by atoms with van der Waals surface area (Å²) in [5.74, 6) is -0.164. The average molecular weight is 375 g/mol. The number of hydrogen-bond donors (Lipinski definition) is 1. The Labute approximate surface area is 156 Å². The molecule has 0 saturated carbocycles. The van der Waals surface area contributed by atoms with Crippen molar-refractivity contribution in [3.8, 4) is 17.1 Å². The molecule has 1 fully saturated rings. The highest BCUT2D eigenvalue weighted by molar-refractivity contribution is 5.67. The van der Waals surface area contributed by atoms with Gasteiger partial charge in [-0.1, -0.05) is 18.2 Å². The van der Waals surface area contributed by atoms with Crippen LogP contribution in [0.4, 0.5) is 9.18 Å². The standard InChI is InChI=1S/C19H22FN3O4/c1-26-19(25)23-7-5-13(6-8-23)12-27-18-21-9-15(10-22-18)16-4-2-3-14(11-24)17(16)20/h2-4,9-10,13,24H,5-8,11-12H2,1H3. The number of amides is 1. The molecule has 2 heterocycles. The van der Waals surface area contributed by atoms with Gasteiger partial charge in [0.25, 0.3) is 0 Å². The summed E-state index contributed by atoms with van der Waals surface area (Å²) in [5.41, 5.74) is 1.08. The molecule has 1 saturated heterocycles. The summed E-state index contributed by atoms with van der Waals surface area (Å²) in [4.78, 5) is 21.4. The zero-order chi connectivity index (χ0) is 19.2. The van der Waals surface area contributed by atoms with Crippen LogP contribution in [0.3, 0.4) is 0 Å². The van der Waals surface area contributed by atoms with E-state index in [1.54, 1.807) is 17.0 Å². The van der Waals surface area contributed by atoms with E-state index in [1.807, 2.05) is 0 Å². The first-order valence-electron chi connectivity index (χ1n) is 8.78. The SMILES string of the molecule is COC(=O)N1CCC(COc2ncc(-c3cccc(CO)c3F)cn2)CC1. The third-order valence-electron chi connectivity index (χ3n) is 4.68. The number of rotatable bonds is 5. The number of aliphatic hydroxyl groups excluding tert-OH is 1. The summed E-state index contributed by atoms with van der Waals surface area (Å²) >= 11 is 0. The highest BCUT2D eigenvalue weighted by Crippen LogP contribution is 2.25. The molecule has 1 amide bonds. The van der Waals surface area contributed by atoms with Crippen molar-refractivity contribution in [2.24, 2.45) is 5.92 Å². The minimum Gasteiger partial charge on any atom is -0.463 e. The first-order valence-corrected chi connectivity index (χ1v) is 8.78. The van der Waals surface area contributed by atoms with E-state index in [-0.39, 0.29) is 24.3 Å². The molecule has 1 aliphatic heterocycles. The van der Waals surface area contributed by atoms with Crippen LogP contribution < -0.4 is 4.74 Å². The molecule has 3 rings (SSSR count). The summed E-state index contributed by atoms with van der Waals surface area (Å²) in [7, 11) is 1.38. The van der Waals surface area contributed by atoms with Crippen LogP contribution in [0.2, 0.25) is 0 Å². The molecule has 8 heteroatoms. The van der Waals surface area contributed by atoms with Crippen LogP contribution >= 0.6 is 0 Å². The highest BCUT2D eigenvalue weighted by atomic mass is 19.1. The quantitative estimate of drug-likeness (QED) is 0.865. The second-order valence-corrected chi connectivity index (χ2v) is 6.40. The number of piperidine rings is 1. The van der Waals surface area contributed by atoms with Crippen molar-refractivity contribution in [3.63, 3.8) is 0 Å². The Kier molecular flexibility index (Phi) is 6.18. The van der Waals surface area contributed by atoms with Crippen LogP contribution in [0.1, 0.15) is 18.4 Å². The molecule has 0 unspecified atom stereocenters. The minimum absolute atomic E-state index is 0.228. The lowest BCUT2D eigenvalue weighted by molar-refractivity contribution is 0.0952. The predicted molar refractivity (Wildman–Crippen MR) is 95.5 cm³/mol. The summed E-state index contributed by atoms with van der Waals surface area (Å²) in [6.07, 6.45) is 4.35. The molecule has 27 heavy (non-hydrogen) atoms. The third kappa shape index (κ3) is 4.51. The van der Waals surface area contributed by atoms with Crippen molar-refractivity contribution in [3.05, 3.63) is 42.0 Å². The lowest BCUT2D eigenvalue weighted by atomic mass is 9.98. The van der Waals surface area contributed by atoms with E-state index in [2.05, 4.69) is 9.97 Å². The number of nitrogens with zero attached hydrogens (tertiary/aromatic N) is 3. The van der Waals surface area contributed by atoms with Crippen molar-refractivity contribution in [2.75, 3.05) is 26.8 Å². The number of carbonyl (C=O) groups is 1. The normalized spacial score (nSPS) is 14.9. The predicted octanol–water partition coefficient (Wildman–Crippen LogP) is 2.63. The van der Waals surface area contributed by atoms with E-state index in [0.717, 1.165) is 12.8 Å². The van der Waals surface area contributed by atoms with Gasteiger partial charge in [0.1, 0.15) is 5.82 Å². The van der Waals surface area contributed by atoms with Crippen molar-refractivity contribution < 1.29 is 23.8 Å². The summed E-state index contributed by atoms with van der Waals surface area (Å²) < 4.78 is 24.6. The Bertz CT molecular complexity index is 777. The Morgan fingerprint density at radius 1 is 1.30 bits per heavy atom. The molecule has 1 aromatic carbocycles. The van der Waals surface area contributed by atoms with Gasteiger partial charge in [-0.15, -0.1) is 0 Å². The largest absolute Gasteiger partial charge is 0.463 e. The molecular weight excluding hydrogens is 353 g/mol. The zero-order valence-electron chi connectivity index (χ0n) is 15.1. The number of aromatic nitrogens is 2. The monoisotopic (exact) mass is 375 g/mol. The smallest absolute Gasteiger partial charge is 0.409 e. The fourth-order valence-electron chi connectivity index (χ4n) is 3.06. The molecule has 0 atom stereocenters. The Hall–Kier alpha value is -2.74. The fraction of sp³-hybridized carbons (Fsp3) is 0.421. The molecule has 1 aromatic heterocycles. The topological polar surface area (TPSA) is 84.8 Å². The van der Waals surface area contributed by atoms with Gasteiger partial charge in [0, 0.05) is 42.2 Å². The number of hydrogen-bond acceptors (Lipinski definition) is 6.